The quantitative estimate of drug-likeness (QED) is 0.731. The van der Waals surface area contributed by atoms with Crippen LogP contribution in [0.5, 0.6) is 0 Å². The van der Waals surface area contributed by atoms with Gasteiger partial charge in [-0.2, -0.15) is 0 Å². The van der Waals surface area contributed by atoms with Gasteiger partial charge in [0.15, 0.2) is 0 Å². The summed E-state index contributed by atoms with van der Waals surface area (Å²) >= 11 is 9.30. The number of carbonyl (C=O) groups excluding carboxylic acids is 1. The summed E-state index contributed by atoms with van der Waals surface area (Å²) in [6, 6.07) is 15.7. The second-order valence-corrected chi connectivity index (χ2v) is 7.90. The van der Waals surface area contributed by atoms with Crippen LogP contribution in [-0.2, 0) is 17.6 Å². The third kappa shape index (κ3) is 6.36. The van der Waals surface area contributed by atoms with E-state index < -0.39 is 0 Å². The summed E-state index contributed by atoms with van der Waals surface area (Å²) in [5.41, 5.74) is 2.24. The van der Waals surface area contributed by atoms with Crippen molar-refractivity contribution in [3.8, 4) is 0 Å². The fourth-order valence-electron chi connectivity index (χ4n) is 2.41. The number of hydrogen-bond donors (Lipinski definition) is 1. The third-order valence-electron chi connectivity index (χ3n) is 3.64. The molecule has 0 atom stereocenters. The summed E-state index contributed by atoms with van der Waals surface area (Å²) in [4.78, 5) is 12.1. The van der Waals surface area contributed by atoms with Crippen LogP contribution in [0.25, 0.3) is 0 Å². The van der Waals surface area contributed by atoms with Gasteiger partial charge in [0, 0.05) is 16.0 Å². The smallest absolute Gasteiger partial charge is 0.224 e. The highest BCUT2D eigenvalue weighted by Crippen LogP contribution is 2.22. The molecule has 4 heteroatoms. The van der Waals surface area contributed by atoms with Crippen molar-refractivity contribution in [2.45, 2.75) is 26.7 Å². The number of amides is 1. The molecule has 0 radical (unpaired) electrons. The molecule has 2 rings (SSSR count). The van der Waals surface area contributed by atoms with Crippen molar-refractivity contribution in [3.05, 3.63) is 69.2 Å². The molecule has 0 aliphatic rings. The van der Waals surface area contributed by atoms with Gasteiger partial charge >= 0.3 is 0 Å². The summed E-state index contributed by atoms with van der Waals surface area (Å²) in [7, 11) is 0. The predicted molar refractivity (Wildman–Crippen MR) is 99.8 cm³/mol. The molecule has 0 saturated heterocycles. The topological polar surface area (TPSA) is 29.1 Å². The maximum absolute atomic E-state index is 12.1. The lowest BCUT2D eigenvalue weighted by Gasteiger charge is -2.25. The molecule has 0 aliphatic heterocycles. The highest BCUT2D eigenvalue weighted by Gasteiger charge is 2.19. The van der Waals surface area contributed by atoms with E-state index in [-0.39, 0.29) is 11.3 Å². The Morgan fingerprint density at radius 3 is 2.22 bits per heavy atom. The zero-order valence-corrected chi connectivity index (χ0v) is 15.7. The second-order valence-electron chi connectivity index (χ2n) is 6.55. The SMILES string of the molecule is CC(C)(CNC(=O)Cc1ccc(Cl)cc1)Cc1ccc(Br)cc1. The highest BCUT2D eigenvalue weighted by atomic mass is 79.9. The van der Waals surface area contributed by atoms with Gasteiger partial charge in [-0.25, -0.2) is 0 Å². The van der Waals surface area contributed by atoms with E-state index in [1.165, 1.54) is 5.56 Å². The van der Waals surface area contributed by atoms with Crippen LogP contribution in [0, 0.1) is 5.41 Å². The molecule has 2 aromatic carbocycles. The van der Waals surface area contributed by atoms with Crippen molar-refractivity contribution in [1.82, 2.24) is 5.32 Å². The van der Waals surface area contributed by atoms with Crippen molar-refractivity contribution >= 4 is 33.4 Å². The molecule has 0 heterocycles. The van der Waals surface area contributed by atoms with E-state index in [0.717, 1.165) is 16.5 Å². The Morgan fingerprint density at radius 2 is 1.61 bits per heavy atom. The molecule has 2 aromatic rings. The lowest BCUT2D eigenvalue weighted by Crippen LogP contribution is -2.36. The Kier molecular flexibility index (Phi) is 6.25. The zero-order valence-electron chi connectivity index (χ0n) is 13.4. The molecule has 1 amide bonds. The lowest BCUT2D eigenvalue weighted by atomic mass is 9.85. The van der Waals surface area contributed by atoms with E-state index in [4.69, 9.17) is 11.6 Å². The van der Waals surface area contributed by atoms with Crippen LogP contribution in [0.3, 0.4) is 0 Å². The van der Waals surface area contributed by atoms with Gasteiger partial charge in [-0.1, -0.05) is 65.6 Å². The molecular formula is C19H21BrClNO. The Morgan fingerprint density at radius 1 is 1.04 bits per heavy atom. The van der Waals surface area contributed by atoms with Crippen LogP contribution in [0.15, 0.2) is 53.0 Å². The first-order valence-corrected chi connectivity index (χ1v) is 8.77. The van der Waals surface area contributed by atoms with Gasteiger partial charge in [0.2, 0.25) is 5.91 Å². The van der Waals surface area contributed by atoms with Crippen molar-refractivity contribution in [1.29, 1.82) is 0 Å². The van der Waals surface area contributed by atoms with Gasteiger partial charge in [0.1, 0.15) is 0 Å². The Labute approximate surface area is 151 Å². The highest BCUT2D eigenvalue weighted by molar-refractivity contribution is 9.10. The standard InChI is InChI=1S/C19H21BrClNO/c1-19(2,12-15-3-7-16(20)8-4-15)13-22-18(23)11-14-5-9-17(21)10-6-14/h3-10H,11-13H2,1-2H3,(H,22,23). The fraction of sp³-hybridized carbons (Fsp3) is 0.316. The maximum Gasteiger partial charge on any atom is 0.224 e. The minimum atomic E-state index is 0.00346. The normalized spacial score (nSPS) is 11.3. The van der Waals surface area contributed by atoms with Gasteiger partial charge in [-0.3, -0.25) is 4.79 Å². The van der Waals surface area contributed by atoms with Crippen LogP contribution in [-0.4, -0.2) is 12.5 Å². The number of benzene rings is 2. The Balaban J connectivity index is 1.84. The average Bonchev–Trinajstić information content (AvgIpc) is 2.50. The van der Waals surface area contributed by atoms with Crippen molar-refractivity contribution in [3.63, 3.8) is 0 Å². The Bertz CT molecular complexity index is 650. The lowest BCUT2D eigenvalue weighted by molar-refractivity contribution is -0.120. The predicted octanol–water partition coefficient (Wildman–Crippen LogP) is 5.03. The average molecular weight is 395 g/mol. The molecule has 0 aromatic heterocycles. The van der Waals surface area contributed by atoms with Gasteiger partial charge in [0.05, 0.1) is 6.42 Å². The van der Waals surface area contributed by atoms with Crippen molar-refractivity contribution in [2.75, 3.05) is 6.54 Å². The first-order chi connectivity index (χ1) is 10.8. The van der Waals surface area contributed by atoms with E-state index in [1.807, 2.05) is 36.4 Å². The van der Waals surface area contributed by atoms with E-state index in [0.29, 0.717) is 18.0 Å². The van der Waals surface area contributed by atoms with Gasteiger partial charge in [-0.15, -0.1) is 0 Å². The summed E-state index contributed by atoms with van der Waals surface area (Å²) in [5.74, 6) is 0.0382. The summed E-state index contributed by atoms with van der Waals surface area (Å²) in [6.45, 7) is 4.98. The van der Waals surface area contributed by atoms with E-state index in [9.17, 15) is 4.79 Å². The monoisotopic (exact) mass is 393 g/mol. The molecule has 23 heavy (non-hydrogen) atoms. The molecule has 0 fully saturated rings. The zero-order chi connectivity index (χ0) is 16.9. The minimum Gasteiger partial charge on any atom is -0.355 e. The largest absolute Gasteiger partial charge is 0.355 e. The summed E-state index contributed by atoms with van der Waals surface area (Å²) in [6.07, 6.45) is 1.30. The first-order valence-electron chi connectivity index (χ1n) is 7.60. The third-order valence-corrected chi connectivity index (χ3v) is 4.42. The molecule has 0 aliphatic carbocycles. The molecule has 2 nitrogen and oxygen atoms in total. The Hall–Kier alpha value is -1.32. The van der Waals surface area contributed by atoms with E-state index in [2.05, 4.69) is 47.2 Å². The molecule has 0 bridgehead atoms. The number of halogens is 2. The van der Waals surface area contributed by atoms with E-state index in [1.54, 1.807) is 0 Å². The van der Waals surface area contributed by atoms with Crippen LogP contribution in [0.2, 0.25) is 5.02 Å². The van der Waals surface area contributed by atoms with Crippen LogP contribution in [0.4, 0.5) is 0 Å². The van der Waals surface area contributed by atoms with Gasteiger partial charge in [-0.05, 0) is 47.2 Å². The second kappa shape index (κ2) is 7.98. The number of nitrogens with one attached hydrogen (secondary N) is 1. The molecule has 0 unspecified atom stereocenters. The molecule has 0 spiro atoms. The number of carbonyl (C=O) groups is 1. The van der Waals surface area contributed by atoms with E-state index >= 15 is 0 Å². The maximum atomic E-state index is 12.1. The van der Waals surface area contributed by atoms with Gasteiger partial charge < -0.3 is 5.32 Å². The molecule has 122 valence electrons. The van der Waals surface area contributed by atoms with Crippen molar-refractivity contribution < 1.29 is 4.79 Å². The minimum absolute atomic E-state index is 0.00346. The molecule has 1 N–H and O–H groups in total. The number of rotatable bonds is 6. The summed E-state index contributed by atoms with van der Waals surface area (Å²) < 4.78 is 1.08. The van der Waals surface area contributed by atoms with Crippen molar-refractivity contribution in [2.24, 2.45) is 5.41 Å². The summed E-state index contributed by atoms with van der Waals surface area (Å²) in [5, 5.41) is 3.72. The van der Waals surface area contributed by atoms with Crippen LogP contribution < -0.4 is 5.32 Å². The molecular weight excluding hydrogens is 374 g/mol. The number of hydrogen-bond acceptors (Lipinski definition) is 1. The fourth-order valence-corrected chi connectivity index (χ4v) is 2.80. The van der Waals surface area contributed by atoms with Crippen LogP contribution >= 0.6 is 27.5 Å². The van der Waals surface area contributed by atoms with Gasteiger partial charge in [0.25, 0.3) is 0 Å². The van der Waals surface area contributed by atoms with Crippen LogP contribution in [0.1, 0.15) is 25.0 Å². The first kappa shape index (κ1) is 18.0. The molecule has 0 saturated carbocycles.